The van der Waals surface area contributed by atoms with Crippen LogP contribution < -0.4 is 14.4 Å². The smallest absolute Gasteiger partial charge is 0.264 e. The number of nitrogens with zero attached hydrogens (tertiary/aromatic N) is 1. The average molecular weight is 493 g/mol. The summed E-state index contributed by atoms with van der Waals surface area (Å²) in [7, 11) is -2.61. The van der Waals surface area contributed by atoms with Gasteiger partial charge in [-0.25, -0.2) is 8.42 Å². The number of nitrogens with one attached hydrogen (secondary N) is 1. The molecule has 0 unspecified atom stereocenters. The van der Waals surface area contributed by atoms with Gasteiger partial charge >= 0.3 is 0 Å². The van der Waals surface area contributed by atoms with Gasteiger partial charge in [0.15, 0.2) is 0 Å². The molecule has 0 saturated heterocycles. The average Bonchev–Trinajstić information content (AvgIpc) is 2.75. The van der Waals surface area contributed by atoms with Crippen LogP contribution in [0.25, 0.3) is 0 Å². The van der Waals surface area contributed by atoms with Crippen molar-refractivity contribution >= 4 is 50.5 Å². The first-order valence-corrected chi connectivity index (χ1v) is 11.8. The molecule has 0 aliphatic carbocycles. The Bertz CT molecular complexity index is 1250. The van der Waals surface area contributed by atoms with Crippen LogP contribution in [0.2, 0.25) is 10.0 Å². The first-order chi connectivity index (χ1) is 15.1. The fourth-order valence-electron chi connectivity index (χ4n) is 3.03. The highest BCUT2D eigenvalue weighted by Crippen LogP contribution is 2.32. The number of aryl methyl sites for hydroxylation is 1. The lowest BCUT2D eigenvalue weighted by molar-refractivity contribution is -0.114. The second kappa shape index (κ2) is 9.81. The highest BCUT2D eigenvalue weighted by molar-refractivity contribution is 7.92. The summed E-state index contributed by atoms with van der Waals surface area (Å²) in [5.74, 6) is -0.139. The van der Waals surface area contributed by atoms with E-state index in [-0.39, 0.29) is 15.6 Å². The molecule has 168 valence electrons. The number of rotatable bonds is 7. The minimum atomic E-state index is -4.07. The molecule has 1 N–H and O–H groups in total. The van der Waals surface area contributed by atoms with E-state index in [0.29, 0.717) is 22.0 Å². The number of hydrogen-bond donors (Lipinski definition) is 1. The van der Waals surface area contributed by atoms with Crippen molar-refractivity contribution in [1.29, 1.82) is 0 Å². The first kappa shape index (κ1) is 23.9. The van der Waals surface area contributed by atoms with Crippen molar-refractivity contribution in [3.8, 4) is 5.75 Å². The van der Waals surface area contributed by atoms with Gasteiger partial charge in [-0.15, -0.1) is 0 Å². The molecule has 1 amide bonds. The van der Waals surface area contributed by atoms with Crippen LogP contribution in [-0.2, 0) is 14.8 Å². The van der Waals surface area contributed by atoms with Crippen LogP contribution in [0.4, 0.5) is 11.4 Å². The maximum absolute atomic E-state index is 13.5. The predicted molar refractivity (Wildman–Crippen MR) is 129 cm³/mol. The molecule has 0 bridgehead atoms. The Hall–Kier alpha value is -2.74. The SMILES string of the molecule is COc1ccc(N(CC(=O)Nc2cccc(Cl)c2C)S(=O)(=O)c2ccc(C)cc2)cc1Cl. The highest BCUT2D eigenvalue weighted by Gasteiger charge is 2.28. The monoisotopic (exact) mass is 492 g/mol. The van der Waals surface area contributed by atoms with Gasteiger partial charge in [0, 0.05) is 10.7 Å². The molecule has 0 aliphatic rings. The van der Waals surface area contributed by atoms with E-state index in [1.807, 2.05) is 6.92 Å². The Kier molecular flexibility index (Phi) is 7.33. The van der Waals surface area contributed by atoms with E-state index < -0.39 is 22.5 Å². The summed E-state index contributed by atoms with van der Waals surface area (Å²) in [6.07, 6.45) is 0. The lowest BCUT2D eigenvalue weighted by Crippen LogP contribution is -2.38. The standard InChI is InChI=1S/C23H22Cl2N2O4S/c1-15-7-10-18(11-8-15)32(29,30)27(17-9-12-22(31-3)20(25)13-17)14-23(28)26-21-6-4-5-19(24)16(21)2/h4-13H,14H2,1-3H3,(H,26,28). The van der Waals surface area contributed by atoms with Crippen molar-refractivity contribution in [2.45, 2.75) is 18.7 Å². The number of halogens is 2. The zero-order valence-corrected chi connectivity index (χ0v) is 20.1. The summed E-state index contributed by atoms with van der Waals surface area (Å²) in [4.78, 5) is 12.9. The van der Waals surface area contributed by atoms with Crippen molar-refractivity contribution in [3.63, 3.8) is 0 Å². The topological polar surface area (TPSA) is 75.7 Å². The molecule has 9 heteroatoms. The van der Waals surface area contributed by atoms with Crippen molar-refractivity contribution in [1.82, 2.24) is 0 Å². The van der Waals surface area contributed by atoms with Gasteiger partial charge in [0.05, 0.1) is 22.7 Å². The third-order valence-electron chi connectivity index (χ3n) is 4.86. The van der Waals surface area contributed by atoms with Crippen LogP contribution in [0, 0.1) is 13.8 Å². The second-order valence-electron chi connectivity index (χ2n) is 7.10. The van der Waals surface area contributed by atoms with Crippen LogP contribution in [0.1, 0.15) is 11.1 Å². The summed E-state index contributed by atoms with van der Waals surface area (Å²) < 4.78 is 33.1. The fraction of sp³-hybridized carbons (Fsp3) is 0.174. The molecule has 0 aromatic heterocycles. The Balaban J connectivity index is 2.00. The molecule has 0 saturated carbocycles. The van der Waals surface area contributed by atoms with Crippen LogP contribution >= 0.6 is 23.2 Å². The lowest BCUT2D eigenvalue weighted by atomic mass is 10.2. The number of carbonyl (C=O) groups is 1. The Morgan fingerprint density at radius 2 is 1.69 bits per heavy atom. The minimum Gasteiger partial charge on any atom is -0.495 e. The minimum absolute atomic E-state index is 0.0572. The Labute approximate surface area is 197 Å². The summed E-state index contributed by atoms with van der Waals surface area (Å²) in [6.45, 7) is 3.16. The molecule has 3 aromatic carbocycles. The van der Waals surface area contributed by atoms with Crippen LogP contribution in [0.15, 0.2) is 65.6 Å². The molecule has 3 rings (SSSR count). The highest BCUT2D eigenvalue weighted by atomic mass is 35.5. The molecule has 0 spiro atoms. The molecule has 3 aromatic rings. The number of amides is 1. The second-order valence-corrected chi connectivity index (χ2v) is 9.78. The summed E-state index contributed by atoms with van der Waals surface area (Å²) in [6, 6.07) is 16.0. The largest absolute Gasteiger partial charge is 0.495 e. The number of hydrogen-bond acceptors (Lipinski definition) is 4. The summed E-state index contributed by atoms with van der Waals surface area (Å²) in [5, 5.41) is 3.45. The lowest BCUT2D eigenvalue weighted by Gasteiger charge is -2.25. The van der Waals surface area contributed by atoms with Crippen LogP contribution in [-0.4, -0.2) is 28.0 Å². The zero-order valence-electron chi connectivity index (χ0n) is 17.7. The van der Waals surface area contributed by atoms with Crippen molar-refractivity contribution < 1.29 is 17.9 Å². The molecular formula is C23H22Cl2N2O4S. The van der Waals surface area contributed by atoms with Gasteiger partial charge in [0.25, 0.3) is 10.0 Å². The molecule has 32 heavy (non-hydrogen) atoms. The Morgan fingerprint density at radius 3 is 2.31 bits per heavy atom. The van der Waals surface area contributed by atoms with E-state index in [2.05, 4.69) is 5.32 Å². The van der Waals surface area contributed by atoms with E-state index in [0.717, 1.165) is 9.87 Å². The van der Waals surface area contributed by atoms with Gasteiger partial charge in [-0.1, -0.05) is 47.0 Å². The molecular weight excluding hydrogens is 471 g/mol. The number of sulfonamides is 1. The van der Waals surface area contributed by atoms with Gasteiger partial charge in [0.2, 0.25) is 5.91 Å². The summed E-state index contributed by atoms with van der Waals surface area (Å²) >= 11 is 12.4. The van der Waals surface area contributed by atoms with E-state index in [1.54, 1.807) is 43.3 Å². The molecule has 6 nitrogen and oxygen atoms in total. The number of carbonyl (C=O) groups excluding carboxylic acids is 1. The number of benzene rings is 3. The first-order valence-electron chi connectivity index (χ1n) is 9.61. The van der Waals surface area contributed by atoms with Crippen LogP contribution in [0.3, 0.4) is 0 Å². The van der Waals surface area contributed by atoms with E-state index in [1.165, 1.54) is 31.4 Å². The normalized spacial score (nSPS) is 11.2. The zero-order chi connectivity index (χ0) is 23.5. The molecule has 0 radical (unpaired) electrons. The predicted octanol–water partition coefficient (Wildman–Crippen LogP) is 5.45. The molecule has 0 atom stereocenters. The van der Waals surface area contributed by atoms with E-state index in [4.69, 9.17) is 27.9 Å². The van der Waals surface area contributed by atoms with Gasteiger partial charge in [-0.05, 0) is 61.9 Å². The van der Waals surface area contributed by atoms with Gasteiger partial charge in [0.1, 0.15) is 12.3 Å². The van der Waals surface area contributed by atoms with Crippen molar-refractivity contribution in [2.24, 2.45) is 0 Å². The van der Waals surface area contributed by atoms with E-state index in [9.17, 15) is 13.2 Å². The Morgan fingerprint density at radius 1 is 1.00 bits per heavy atom. The third kappa shape index (κ3) is 5.18. The molecule has 0 heterocycles. The fourth-order valence-corrected chi connectivity index (χ4v) is 4.87. The van der Waals surface area contributed by atoms with E-state index >= 15 is 0 Å². The maximum atomic E-state index is 13.5. The van der Waals surface area contributed by atoms with Gasteiger partial charge in [-0.3, -0.25) is 9.10 Å². The molecule has 0 aliphatic heterocycles. The molecule has 0 fully saturated rings. The van der Waals surface area contributed by atoms with Crippen molar-refractivity contribution in [2.75, 3.05) is 23.3 Å². The number of ether oxygens (including phenoxy) is 1. The number of methoxy groups -OCH3 is 1. The third-order valence-corrected chi connectivity index (χ3v) is 7.35. The number of anilines is 2. The van der Waals surface area contributed by atoms with Gasteiger partial charge < -0.3 is 10.1 Å². The quantitative estimate of drug-likeness (QED) is 0.475. The maximum Gasteiger partial charge on any atom is 0.264 e. The van der Waals surface area contributed by atoms with Crippen LogP contribution in [0.5, 0.6) is 5.75 Å². The van der Waals surface area contributed by atoms with Crippen molar-refractivity contribution in [3.05, 3.63) is 81.8 Å². The summed E-state index contributed by atoms with van der Waals surface area (Å²) in [5.41, 5.74) is 2.33. The van der Waals surface area contributed by atoms with Gasteiger partial charge in [-0.2, -0.15) is 0 Å².